The minimum Gasteiger partial charge on any atom is -0.314 e. The Labute approximate surface area is 84.6 Å². The van der Waals surface area contributed by atoms with E-state index in [4.69, 9.17) is 0 Å². The first-order valence-electron chi connectivity index (χ1n) is 5.34. The smallest absolute Gasteiger partial charge is 0.0691 e. The van der Waals surface area contributed by atoms with Gasteiger partial charge in [0, 0.05) is 24.8 Å². The average Bonchev–Trinajstić information content (AvgIpc) is 2.21. The third-order valence-electron chi connectivity index (χ3n) is 2.69. The first-order valence-corrected chi connectivity index (χ1v) is 6.33. The van der Waals surface area contributed by atoms with Crippen molar-refractivity contribution in [1.29, 1.82) is 0 Å². The number of hydrogen-bond donors (Lipinski definition) is 1. The first kappa shape index (κ1) is 9.53. The lowest BCUT2D eigenvalue weighted by Crippen LogP contribution is -2.35. The Balaban J connectivity index is 1.78. The molecule has 0 aromatic rings. The van der Waals surface area contributed by atoms with E-state index >= 15 is 0 Å². The fraction of sp³-hybridized carbons (Fsp3) is 0.900. The molecule has 74 valence electrons. The van der Waals surface area contributed by atoms with E-state index in [9.17, 15) is 0 Å². The fourth-order valence-corrected chi connectivity index (χ4v) is 2.95. The molecule has 2 rings (SSSR count). The lowest BCUT2D eigenvalue weighted by molar-refractivity contribution is 0.410. The van der Waals surface area contributed by atoms with Gasteiger partial charge in [-0.1, -0.05) is 6.42 Å². The Bertz CT molecular complexity index is 185. The molecule has 0 saturated carbocycles. The van der Waals surface area contributed by atoms with E-state index in [1.807, 2.05) is 11.8 Å². The Morgan fingerprint density at radius 1 is 1.38 bits per heavy atom. The minimum absolute atomic E-state index is 0.720. The second kappa shape index (κ2) is 5.01. The molecule has 1 unspecified atom stereocenters. The number of thioether (sulfide) groups is 1. The van der Waals surface area contributed by atoms with Crippen LogP contribution in [-0.2, 0) is 0 Å². The summed E-state index contributed by atoms with van der Waals surface area (Å²) in [6, 6.07) is 0.720. The fourth-order valence-electron chi connectivity index (χ4n) is 1.94. The lowest BCUT2D eigenvalue weighted by atomic mass is 10.0. The van der Waals surface area contributed by atoms with Crippen molar-refractivity contribution in [2.75, 3.05) is 18.8 Å². The summed E-state index contributed by atoms with van der Waals surface area (Å²) in [4.78, 5) is 4.56. The van der Waals surface area contributed by atoms with Crippen LogP contribution in [0.1, 0.15) is 32.1 Å². The van der Waals surface area contributed by atoms with Gasteiger partial charge in [0.1, 0.15) is 0 Å². The summed E-state index contributed by atoms with van der Waals surface area (Å²) in [6.45, 7) is 2.28. The lowest BCUT2D eigenvalue weighted by Gasteiger charge is -2.24. The van der Waals surface area contributed by atoms with Crippen LogP contribution in [0.5, 0.6) is 0 Å². The van der Waals surface area contributed by atoms with E-state index in [1.165, 1.54) is 49.4 Å². The van der Waals surface area contributed by atoms with Gasteiger partial charge >= 0.3 is 0 Å². The van der Waals surface area contributed by atoms with Gasteiger partial charge in [-0.05, 0) is 25.8 Å². The van der Waals surface area contributed by atoms with E-state index in [2.05, 4.69) is 10.3 Å². The van der Waals surface area contributed by atoms with Crippen LogP contribution < -0.4 is 5.32 Å². The van der Waals surface area contributed by atoms with Gasteiger partial charge in [-0.2, -0.15) is 0 Å². The average molecular weight is 198 g/mol. The third-order valence-corrected chi connectivity index (χ3v) is 3.81. The molecule has 2 aliphatic rings. The van der Waals surface area contributed by atoms with Gasteiger partial charge in [0.25, 0.3) is 0 Å². The molecule has 0 aromatic heterocycles. The van der Waals surface area contributed by atoms with Crippen LogP contribution >= 0.6 is 11.8 Å². The second-order valence-corrected chi connectivity index (χ2v) is 5.00. The highest BCUT2D eigenvalue weighted by atomic mass is 32.2. The summed E-state index contributed by atoms with van der Waals surface area (Å²) < 4.78 is 0. The molecule has 1 saturated heterocycles. The first-order chi connectivity index (χ1) is 6.45. The summed E-state index contributed by atoms with van der Waals surface area (Å²) in [5.74, 6) is 1.28. The zero-order chi connectivity index (χ0) is 8.93. The van der Waals surface area contributed by atoms with Gasteiger partial charge < -0.3 is 5.32 Å². The van der Waals surface area contributed by atoms with Crippen molar-refractivity contribution < 1.29 is 0 Å². The van der Waals surface area contributed by atoms with Gasteiger partial charge in [0.15, 0.2) is 0 Å². The van der Waals surface area contributed by atoms with Crippen molar-refractivity contribution in [2.24, 2.45) is 4.99 Å². The highest BCUT2D eigenvalue weighted by Crippen LogP contribution is 2.19. The molecule has 2 nitrogen and oxygen atoms in total. The number of nitrogens with zero attached hydrogens (tertiary/aromatic N) is 1. The van der Waals surface area contributed by atoms with Crippen LogP contribution in [0.4, 0.5) is 0 Å². The molecule has 13 heavy (non-hydrogen) atoms. The summed E-state index contributed by atoms with van der Waals surface area (Å²) in [7, 11) is 0. The monoisotopic (exact) mass is 198 g/mol. The Hall–Kier alpha value is -0.0200. The molecule has 2 aliphatic heterocycles. The number of rotatable bonds is 2. The molecule has 1 fully saturated rings. The zero-order valence-corrected chi connectivity index (χ0v) is 8.91. The second-order valence-electron chi connectivity index (χ2n) is 3.83. The summed E-state index contributed by atoms with van der Waals surface area (Å²) >= 11 is 1.97. The maximum Gasteiger partial charge on any atom is 0.0691 e. The molecule has 2 heterocycles. The van der Waals surface area contributed by atoms with Crippen LogP contribution in [0, 0.1) is 0 Å². The molecule has 0 spiro atoms. The van der Waals surface area contributed by atoms with Crippen LogP contribution in [0.2, 0.25) is 0 Å². The molecule has 1 N–H and O–H groups in total. The van der Waals surface area contributed by atoms with E-state index in [0.29, 0.717) is 0 Å². The van der Waals surface area contributed by atoms with E-state index in [0.717, 1.165) is 12.6 Å². The molecule has 0 aliphatic carbocycles. The third kappa shape index (κ3) is 2.99. The van der Waals surface area contributed by atoms with Crippen molar-refractivity contribution in [3.63, 3.8) is 0 Å². The molecule has 0 amide bonds. The molecule has 0 bridgehead atoms. The number of aliphatic imine (C=N–C) groups is 1. The number of piperidine rings is 1. The largest absolute Gasteiger partial charge is 0.314 e. The van der Waals surface area contributed by atoms with E-state index < -0.39 is 0 Å². The van der Waals surface area contributed by atoms with Crippen molar-refractivity contribution >= 4 is 16.8 Å². The van der Waals surface area contributed by atoms with Crippen molar-refractivity contribution in [3.8, 4) is 0 Å². The van der Waals surface area contributed by atoms with Gasteiger partial charge in [0.2, 0.25) is 0 Å². The Morgan fingerprint density at radius 2 is 2.38 bits per heavy atom. The van der Waals surface area contributed by atoms with Gasteiger partial charge in [-0.3, -0.25) is 4.99 Å². The quantitative estimate of drug-likeness (QED) is 0.734. The predicted octanol–water partition coefficient (Wildman–Crippen LogP) is 2.05. The molecular formula is C10H18N2S. The topological polar surface area (TPSA) is 24.4 Å². The normalized spacial score (nSPS) is 29.8. The van der Waals surface area contributed by atoms with Crippen LogP contribution in [-0.4, -0.2) is 29.9 Å². The van der Waals surface area contributed by atoms with Gasteiger partial charge in [0.05, 0.1) is 5.04 Å². The number of hydrogen-bond acceptors (Lipinski definition) is 3. The van der Waals surface area contributed by atoms with Crippen molar-refractivity contribution in [1.82, 2.24) is 5.32 Å². The van der Waals surface area contributed by atoms with Crippen LogP contribution in [0.3, 0.4) is 0 Å². The van der Waals surface area contributed by atoms with Crippen molar-refractivity contribution in [2.45, 2.75) is 38.1 Å². The summed E-state index contributed by atoms with van der Waals surface area (Å²) in [5, 5.41) is 4.97. The Kier molecular flexibility index (Phi) is 3.67. The van der Waals surface area contributed by atoms with E-state index in [-0.39, 0.29) is 0 Å². The molecule has 0 aromatic carbocycles. The molecule has 3 heteroatoms. The van der Waals surface area contributed by atoms with Crippen molar-refractivity contribution in [3.05, 3.63) is 0 Å². The van der Waals surface area contributed by atoms with Gasteiger partial charge in [-0.25, -0.2) is 0 Å². The standard InChI is InChI=1S/C10H18N2S/c1-2-5-11-9(4-1)8-10-12-6-3-7-13-10/h9,11H,1-8H2. The minimum atomic E-state index is 0.720. The molecular weight excluding hydrogens is 180 g/mol. The molecule has 0 radical (unpaired) electrons. The molecule has 1 atom stereocenters. The van der Waals surface area contributed by atoms with Gasteiger partial charge in [-0.15, -0.1) is 11.8 Å². The summed E-state index contributed by atoms with van der Waals surface area (Å²) in [5.41, 5.74) is 0. The van der Waals surface area contributed by atoms with E-state index in [1.54, 1.807) is 0 Å². The predicted molar refractivity (Wildman–Crippen MR) is 59.6 cm³/mol. The Morgan fingerprint density at radius 3 is 3.08 bits per heavy atom. The number of nitrogens with one attached hydrogen (secondary N) is 1. The highest BCUT2D eigenvalue weighted by molar-refractivity contribution is 8.14. The maximum absolute atomic E-state index is 4.56. The van der Waals surface area contributed by atoms with Crippen LogP contribution in [0.25, 0.3) is 0 Å². The SMILES string of the molecule is C1CCC(CC2=NCCCS2)NC1. The van der Waals surface area contributed by atoms with Crippen LogP contribution in [0.15, 0.2) is 4.99 Å². The maximum atomic E-state index is 4.56. The summed E-state index contributed by atoms with van der Waals surface area (Å²) in [6.07, 6.45) is 6.56. The highest BCUT2D eigenvalue weighted by Gasteiger charge is 2.16. The zero-order valence-electron chi connectivity index (χ0n) is 8.09.